The molecule has 0 aliphatic carbocycles. The number of para-hydroxylation sites is 2. The first-order valence-electron chi connectivity index (χ1n) is 12.2. The number of phenolic OH excluding ortho intramolecular Hbond substituents is 2. The number of phenols is 2. The highest BCUT2D eigenvalue weighted by Crippen LogP contribution is 2.15. The second kappa shape index (κ2) is 18.7. The number of carbonyl (C=O) groups is 3. The van der Waals surface area contributed by atoms with Gasteiger partial charge in [0.05, 0.1) is 11.1 Å². The molecule has 0 bridgehead atoms. The maximum absolute atomic E-state index is 11.8. The maximum Gasteiger partial charge on any atom is 0.303 e. The van der Waals surface area contributed by atoms with Gasteiger partial charge >= 0.3 is 5.97 Å². The Morgan fingerprint density at radius 2 is 1.11 bits per heavy atom. The van der Waals surface area contributed by atoms with Gasteiger partial charge in [-0.1, -0.05) is 69.2 Å². The molecule has 0 fully saturated rings. The highest BCUT2D eigenvalue weighted by Gasteiger charge is 2.09. The molecule has 10 nitrogen and oxygen atoms in total. The van der Waals surface area contributed by atoms with Crippen molar-refractivity contribution in [1.82, 2.24) is 16.3 Å². The van der Waals surface area contributed by atoms with Crippen LogP contribution in [0.3, 0.4) is 0 Å². The van der Waals surface area contributed by atoms with Gasteiger partial charge in [0, 0.05) is 13.0 Å². The van der Waals surface area contributed by atoms with E-state index < -0.39 is 11.9 Å². The fraction of sp³-hybridized carbons (Fsp3) is 0.423. The average molecular weight is 503 g/mol. The number of rotatable bonds is 15. The zero-order valence-corrected chi connectivity index (χ0v) is 20.5. The average Bonchev–Trinajstić information content (AvgIpc) is 2.87. The summed E-state index contributed by atoms with van der Waals surface area (Å²) in [4.78, 5) is 33.0. The number of amides is 2. The van der Waals surface area contributed by atoms with E-state index in [4.69, 9.17) is 16.1 Å². The summed E-state index contributed by atoms with van der Waals surface area (Å²) in [6.45, 7) is 0.703. The third kappa shape index (κ3) is 13.3. The van der Waals surface area contributed by atoms with Crippen molar-refractivity contribution in [2.75, 3.05) is 6.54 Å². The van der Waals surface area contributed by atoms with E-state index in [0.717, 1.165) is 32.1 Å². The number of aliphatic carboxylic acids is 1. The van der Waals surface area contributed by atoms with Crippen LogP contribution >= 0.6 is 0 Å². The van der Waals surface area contributed by atoms with Crippen molar-refractivity contribution in [3.63, 3.8) is 0 Å². The van der Waals surface area contributed by atoms with Gasteiger partial charge in [0.15, 0.2) is 0 Å². The molecule has 198 valence electrons. The second-order valence-corrected chi connectivity index (χ2v) is 8.21. The lowest BCUT2D eigenvalue weighted by atomic mass is 10.1. The van der Waals surface area contributed by atoms with Gasteiger partial charge in [-0.3, -0.25) is 25.2 Å². The molecule has 0 spiro atoms. The van der Waals surface area contributed by atoms with E-state index >= 15 is 0 Å². The smallest absolute Gasteiger partial charge is 0.303 e. The molecule has 0 radical (unpaired) electrons. The molecule has 2 rings (SSSR count). The lowest BCUT2D eigenvalue weighted by Gasteiger charge is -2.08. The lowest BCUT2D eigenvalue weighted by Crippen LogP contribution is -2.37. The number of carboxylic acid groups (broad SMARTS) is 1. The molecule has 10 heteroatoms. The second-order valence-electron chi connectivity index (χ2n) is 8.21. The molecule has 0 aliphatic rings. The highest BCUT2D eigenvalue weighted by molar-refractivity contribution is 5.96. The van der Waals surface area contributed by atoms with Gasteiger partial charge in [-0.2, -0.15) is 0 Å². The van der Waals surface area contributed by atoms with Crippen molar-refractivity contribution in [3.05, 3.63) is 59.7 Å². The molecule has 0 saturated carbocycles. The SMILES string of the molecule is NNC(=O)c1ccccc1O.O=C(O)CCCCCCCCCCCNNC(=O)c1ccccc1O. The summed E-state index contributed by atoms with van der Waals surface area (Å²) >= 11 is 0. The quantitative estimate of drug-likeness (QED) is 0.0836. The molecule has 36 heavy (non-hydrogen) atoms. The summed E-state index contributed by atoms with van der Waals surface area (Å²) in [6, 6.07) is 12.6. The number of nitrogen functional groups attached to an aromatic ring is 1. The number of benzene rings is 2. The highest BCUT2D eigenvalue weighted by atomic mass is 16.4. The number of hydrazine groups is 2. The Hall–Kier alpha value is -3.63. The molecule has 0 aromatic heterocycles. The summed E-state index contributed by atoms with van der Waals surface area (Å²) in [7, 11) is 0. The van der Waals surface area contributed by atoms with Crippen LogP contribution < -0.4 is 22.1 Å². The molecule has 2 aromatic carbocycles. The van der Waals surface area contributed by atoms with Crippen LogP contribution in [0, 0.1) is 0 Å². The Labute approximate surface area is 211 Å². The van der Waals surface area contributed by atoms with E-state index in [1.165, 1.54) is 43.9 Å². The number of hydrogen-bond acceptors (Lipinski definition) is 7. The largest absolute Gasteiger partial charge is 0.507 e. The normalized spacial score (nSPS) is 10.1. The number of nitrogens with one attached hydrogen (secondary N) is 3. The minimum atomic E-state index is -0.703. The fourth-order valence-corrected chi connectivity index (χ4v) is 3.35. The van der Waals surface area contributed by atoms with Crippen molar-refractivity contribution in [2.45, 2.75) is 64.2 Å². The minimum Gasteiger partial charge on any atom is -0.507 e. The van der Waals surface area contributed by atoms with Crippen LogP contribution in [0.1, 0.15) is 84.9 Å². The predicted octanol–water partition coefficient (Wildman–Crippen LogP) is 3.61. The van der Waals surface area contributed by atoms with Gasteiger partial charge in [-0.05, 0) is 37.1 Å². The zero-order chi connectivity index (χ0) is 26.6. The number of unbranched alkanes of at least 4 members (excludes halogenated alkanes) is 8. The first kappa shape index (κ1) is 30.4. The Balaban J connectivity index is 0.000000488. The lowest BCUT2D eigenvalue weighted by molar-refractivity contribution is -0.137. The van der Waals surface area contributed by atoms with E-state index in [1.807, 2.05) is 5.43 Å². The summed E-state index contributed by atoms with van der Waals surface area (Å²) in [5.74, 6) is 3.23. The third-order valence-electron chi connectivity index (χ3n) is 5.32. The van der Waals surface area contributed by atoms with E-state index in [2.05, 4.69) is 10.9 Å². The molecular formula is C26H38N4O6. The maximum atomic E-state index is 11.8. The van der Waals surface area contributed by atoms with Crippen LogP contribution in [0.25, 0.3) is 0 Å². The number of carboxylic acids is 1. The van der Waals surface area contributed by atoms with Crippen LogP contribution in [-0.2, 0) is 4.79 Å². The Morgan fingerprint density at radius 3 is 1.58 bits per heavy atom. The van der Waals surface area contributed by atoms with Crippen LogP contribution in [0.2, 0.25) is 0 Å². The van der Waals surface area contributed by atoms with Crippen LogP contribution in [0.5, 0.6) is 11.5 Å². The van der Waals surface area contributed by atoms with Gasteiger partial charge < -0.3 is 15.3 Å². The van der Waals surface area contributed by atoms with Gasteiger partial charge in [0.2, 0.25) is 0 Å². The monoisotopic (exact) mass is 502 g/mol. The summed E-state index contributed by atoms with van der Waals surface area (Å²) in [5, 5.41) is 27.2. The van der Waals surface area contributed by atoms with Gasteiger partial charge in [0.25, 0.3) is 11.8 Å². The summed E-state index contributed by atoms with van der Waals surface area (Å²) in [5.41, 5.74) is 7.84. The van der Waals surface area contributed by atoms with Gasteiger partial charge in [0.1, 0.15) is 11.5 Å². The summed E-state index contributed by atoms with van der Waals surface area (Å²) in [6.07, 6.45) is 10.0. The minimum absolute atomic E-state index is 0.0234. The van der Waals surface area contributed by atoms with Crippen LogP contribution in [0.4, 0.5) is 0 Å². The van der Waals surface area contributed by atoms with E-state index in [-0.39, 0.29) is 35.0 Å². The molecule has 2 aromatic rings. The first-order chi connectivity index (χ1) is 17.4. The molecular weight excluding hydrogens is 464 g/mol. The van der Waals surface area contributed by atoms with Crippen molar-refractivity contribution >= 4 is 17.8 Å². The molecule has 0 unspecified atom stereocenters. The number of nitrogens with two attached hydrogens (primary N) is 1. The molecule has 0 aliphatic heterocycles. The van der Waals surface area contributed by atoms with Gasteiger partial charge in [-0.25, -0.2) is 11.3 Å². The van der Waals surface area contributed by atoms with E-state index in [0.29, 0.717) is 6.54 Å². The summed E-state index contributed by atoms with van der Waals surface area (Å²) < 4.78 is 0. The zero-order valence-electron chi connectivity index (χ0n) is 20.5. The van der Waals surface area contributed by atoms with E-state index in [9.17, 15) is 19.5 Å². The number of aromatic hydroxyl groups is 2. The molecule has 0 atom stereocenters. The topological polar surface area (TPSA) is 174 Å². The van der Waals surface area contributed by atoms with Crippen molar-refractivity contribution in [1.29, 1.82) is 0 Å². The van der Waals surface area contributed by atoms with Gasteiger partial charge in [-0.15, -0.1) is 0 Å². The Kier molecular flexibility index (Phi) is 15.8. The Bertz CT molecular complexity index is 938. The fourth-order valence-electron chi connectivity index (χ4n) is 3.35. The third-order valence-corrected chi connectivity index (χ3v) is 5.32. The Morgan fingerprint density at radius 1 is 0.667 bits per heavy atom. The first-order valence-corrected chi connectivity index (χ1v) is 12.2. The van der Waals surface area contributed by atoms with Crippen LogP contribution in [0.15, 0.2) is 48.5 Å². The number of carbonyl (C=O) groups excluding carboxylic acids is 2. The molecule has 0 saturated heterocycles. The predicted molar refractivity (Wildman–Crippen MR) is 137 cm³/mol. The van der Waals surface area contributed by atoms with E-state index in [1.54, 1.807) is 30.3 Å². The molecule has 2 amide bonds. The van der Waals surface area contributed by atoms with Crippen molar-refractivity contribution < 1.29 is 29.7 Å². The van der Waals surface area contributed by atoms with Crippen LogP contribution in [-0.4, -0.2) is 39.6 Å². The number of hydrogen-bond donors (Lipinski definition) is 7. The van der Waals surface area contributed by atoms with Crippen molar-refractivity contribution in [3.8, 4) is 11.5 Å². The molecule has 0 heterocycles. The standard InChI is InChI=1S/C19H30N2O4.C7H8N2O2/c22-17-13-10-9-12-16(17)19(25)21-20-15-11-7-5-3-1-2-4-6-8-14-18(23)24;8-9-7(11)5-3-1-2-4-6(5)10/h9-10,12-13,20,22H,1-8,11,14-15H2,(H,21,25)(H,23,24);1-4,10H,8H2,(H,9,11). The van der Waals surface area contributed by atoms with Crippen molar-refractivity contribution in [2.24, 2.45) is 5.84 Å². The molecule has 8 N–H and O–H groups in total.